The second kappa shape index (κ2) is 10.2. The van der Waals surface area contributed by atoms with E-state index in [1.54, 1.807) is 24.0 Å². The number of likely N-dealkylation sites (tertiary alicyclic amines) is 1. The maximum Gasteiger partial charge on any atom is 0.409 e. The minimum atomic E-state index is -0.313. The quantitative estimate of drug-likeness (QED) is 0.743. The van der Waals surface area contributed by atoms with Crippen LogP contribution in [0.25, 0.3) is 0 Å². The molecule has 0 aliphatic carbocycles. The third-order valence-corrected chi connectivity index (χ3v) is 5.37. The summed E-state index contributed by atoms with van der Waals surface area (Å²) in [5, 5.41) is 5.60. The Morgan fingerprint density at radius 1 is 1.28 bits per heavy atom. The van der Waals surface area contributed by atoms with E-state index in [0.717, 1.165) is 5.01 Å². The molecule has 0 bridgehead atoms. The zero-order valence-electron chi connectivity index (χ0n) is 16.2. The number of aromatic nitrogens is 1. The first-order valence-corrected chi connectivity index (χ1v) is 10.4. The predicted molar refractivity (Wildman–Crippen MR) is 106 cm³/mol. The van der Waals surface area contributed by atoms with Gasteiger partial charge in [-0.15, -0.1) is 11.3 Å². The summed E-state index contributed by atoms with van der Waals surface area (Å²) in [6.45, 7) is 3.56. The van der Waals surface area contributed by atoms with Gasteiger partial charge in [-0.1, -0.05) is 0 Å². The molecule has 1 aromatic heterocycles. The number of ether oxygens (including phenoxy) is 2. The van der Waals surface area contributed by atoms with E-state index >= 15 is 0 Å². The average molecular weight is 421 g/mol. The van der Waals surface area contributed by atoms with Crippen molar-refractivity contribution in [1.82, 2.24) is 15.2 Å². The van der Waals surface area contributed by atoms with E-state index in [4.69, 9.17) is 9.47 Å². The van der Waals surface area contributed by atoms with E-state index < -0.39 is 0 Å². The van der Waals surface area contributed by atoms with Gasteiger partial charge in [0, 0.05) is 24.5 Å². The van der Waals surface area contributed by atoms with Gasteiger partial charge in [0.1, 0.15) is 23.2 Å². The summed E-state index contributed by atoms with van der Waals surface area (Å²) in [5.74, 6) is 0.164. The van der Waals surface area contributed by atoms with Crippen molar-refractivity contribution in [3.63, 3.8) is 0 Å². The third kappa shape index (κ3) is 6.42. The molecule has 2 aromatic rings. The van der Waals surface area contributed by atoms with Crippen molar-refractivity contribution in [1.29, 1.82) is 0 Å². The summed E-state index contributed by atoms with van der Waals surface area (Å²) in [7, 11) is 0. The number of carbonyl (C=O) groups excluding carboxylic acids is 2. The molecule has 1 fully saturated rings. The molecule has 29 heavy (non-hydrogen) atoms. The van der Waals surface area contributed by atoms with Gasteiger partial charge < -0.3 is 19.7 Å². The number of hydrogen-bond donors (Lipinski definition) is 1. The molecule has 1 saturated heterocycles. The van der Waals surface area contributed by atoms with Gasteiger partial charge in [0.25, 0.3) is 0 Å². The van der Waals surface area contributed by atoms with Gasteiger partial charge in [0.05, 0.1) is 18.7 Å². The molecule has 9 heteroatoms. The molecular formula is C20H24FN3O4S. The van der Waals surface area contributed by atoms with Crippen LogP contribution >= 0.6 is 11.3 Å². The van der Waals surface area contributed by atoms with Gasteiger partial charge >= 0.3 is 6.09 Å². The Balaban J connectivity index is 1.40. The number of rotatable bonds is 7. The minimum Gasteiger partial charge on any atom is -0.486 e. The van der Waals surface area contributed by atoms with Crippen molar-refractivity contribution >= 4 is 23.3 Å². The molecule has 156 valence electrons. The summed E-state index contributed by atoms with van der Waals surface area (Å²) < 4.78 is 23.5. The number of piperidine rings is 1. The highest BCUT2D eigenvalue weighted by atomic mass is 32.1. The lowest BCUT2D eigenvalue weighted by Crippen LogP contribution is -2.47. The molecule has 1 aliphatic heterocycles. The molecule has 0 radical (unpaired) electrons. The summed E-state index contributed by atoms with van der Waals surface area (Å²) >= 11 is 1.42. The van der Waals surface area contributed by atoms with Gasteiger partial charge in [-0.25, -0.2) is 14.2 Å². The van der Waals surface area contributed by atoms with E-state index in [1.165, 1.54) is 23.5 Å². The zero-order valence-corrected chi connectivity index (χ0v) is 17.0. The van der Waals surface area contributed by atoms with Crippen LogP contribution in [0.5, 0.6) is 5.75 Å². The van der Waals surface area contributed by atoms with Crippen LogP contribution in [0, 0.1) is 5.82 Å². The largest absolute Gasteiger partial charge is 0.486 e. The fraction of sp³-hybridized carbons (Fsp3) is 0.450. The number of benzene rings is 1. The normalized spacial score (nSPS) is 14.5. The van der Waals surface area contributed by atoms with Gasteiger partial charge in [-0.2, -0.15) is 0 Å². The molecule has 1 aromatic carbocycles. The van der Waals surface area contributed by atoms with Crippen LogP contribution in [0.3, 0.4) is 0 Å². The highest BCUT2D eigenvalue weighted by molar-refractivity contribution is 7.09. The molecule has 7 nitrogen and oxygen atoms in total. The van der Waals surface area contributed by atoms with Crippen molar-refractivity contribution < 1.29 is 23.5 Å². The van der Waals surface area contributed by atoms with Crippen LogP contribution in [-0.2, 0) is 22.6 Å². The third-order valence-electron chi connectivity index (χ3n) is 4.50. The molecule has 0 atom stereocenters. The van der Waals surface area contributed by atoms with Gasteiger partial charge in [0.15, 0.2) is 0 Å². The Hall–Kier alpha value is -2.68. The SMILES string of the molecule is CCOC(=O)N1CCC(NC(=O)Cc2csc(COc3ccc(F)cc3)n2)CC1. The number of halogens is 1. The number of nitrogens with zero attached hydrogens (tertiary/aromatic N) is 2. The number of hydrogen-bond acceptors (Lipinski definition) is 6. The van der Waals surface area contributed by atoms with Crippen molar-refractivity contribution in [2.24, 2.45) is 0 Å². The van der Waals surface area contributed by atoms with Crippen LogP contribution in [0.15, 0.2) is 29.6 Å². The lowest BCUT2D eigenvalue weighted by Gasteiger charge is -2.31. The highest BCUT2D eigenvalue weighted by Gasteiger charge is 2.24. The van der Waals surface area contributed by atoms with Crippen LogP contribution in [0.4, 0.5) is 9.18 Å². The minimum absolute atomic E-state index is 0.0492. The van der Waals surface area contributed by atoms with Crippen molar-refractivity contribution in [2.75, 3.05) is 19.7 Å². The fourth-order valence-corrected chi connectivity index (χ4v) is 3.74. The molecule has 2 heterocycles. The Kier molecular flexibility index (Phi) is 7.40. The monoisotopic (exact) mass is 421 g/mol. The molecular weight excluding hydrogens is 397 g/mol. The van der Waals surface area contributed by atoms with Crippen molar-refractivity contribution in [3.05, 3.63) is 46.2 Å². The second-order valence-electron chi connectivity index (χ2n) is 6.68. The predicted octanol–water partition coefficient (Wildman–Crippen LogP) is 3.14. The second-order valence-corrected chi connectivity index (χ2v) is 7.62. The van der Waals surface area contributed by atoms with Crippen LogP contribution in [0.2, 0.25) is 0 Å². The Labute approximate surface area is 172 Å². The fourth-order valence-electron chi connectivity index (χ4n) is 3.04. The summed E-state index contributed by atoms with van der Waals surface area (Å²) in [6, 6.07) is 5.84. The molecule has 2 amide bonds. The first-order chi connectivity index (χ1) is 14.0. The number of thiazole rings is 1. The summed E-state index contributed by atoms with van der Waals surface area (Å²) in [5.41, 5.74) is 0.689. The summed E-state index contributed by atoms with van der Waals surface area (Å²) in [6.07, 6.45) is 1.32. The first kappa shape index (κ1) is 21.0. The molecule has 0 spiro atoms. The topological polar surface area (TPSA) is 80.8 Å². The maximum absolute atomic E-state index is 12.9. The van der Waals surface area contributed by atoms with E-state index in [0.29, 0.717) is 44.0 Å². The van der Waals surface area contributed by atoms with Crippen molar-refractivity contribution in [2.45, 2.75) is 38.8 Å². The maximum atomic E-state index is 12.9. The lowest BCUT2D eigenvalue weighted by atomic mass is 10.1. The molecule has 3 rings (SSSR count). The van der Waals surface area contributed by atoms with Crippen LogP contribution in [0.1, 0.15) is 30.5 Å². The van der Waals surface area contributed by atoms with Gasteiger partial charge in [-0.3, -0.25) is 4.79 Å². The Morgan fingerprint density at radius 2 is 2.00 bits per heavy atom. The molecule has 0 saturated carbocycles. The Bertz CT molecular complexity index is 819. The molecule has 1 N–H and O–H groups in total. The highest BCUT2D eigenvalue weighted by Crippen LogP contribution is 2.17. The zero-order chi connectivity index (χ0) is 20.6. The lowest BCUT2D eigenvalue weighted by molar-refractivity contribution is -0.121. The van der Waals surface area contributed by atoms with Gasteiger partial charge in [0.2, 0.25) is 5.91 Å². The van der Waals surface area contributed by atoms with E-state index in [9.17, 15) is 14.0 Å². The van der Waals surface area contributed by atoms with E-state index in [2.05, 4.69) is 10.3 Å². The Morgan fingerprint density at radius 3 is 2.69 bits per heavy atom. The van der Waals surface area contributed by atoms with Crippen molar-refractivity contribution in [3.8, 4) is 5.75 Å². The van der Waals surface area contributed by atoms with E-state index in [-0.39, 0.29) is 36.9 Å². The number of amides is 2. The summed E-state index contributed by atoms with van der Waals surface area (Å²) in [4.78, 5) is 30.1. The smallest absolute Gasteiger partial charge is 0.409 e. The number of carbonyl (C=O) groups is 2. The molecule has 1 aliphatic rings. The number of nitrogens with one attached hydrogen (secondary N) is 1. The first-order valence-electron chi connectivity index (χ1n) is 9.56. The average Bonchev–Trinajstić information content (AvgIpc) is 3.15. The van der Waals surface area contributed by atoms with Gasteiger partial charge in [-0.05, 0) is 44.0 Å². The van der Waals surface area contributed by atoms with E-state index in [1.807, 2.05) is 5.38 Å². The standard InChI is InChI=1S/C20H24FN3O4S/c1-2-27-20(26)24-9-7-15(8-10-24)22-18(25)11-16-13-29-19(23-16)12-28-17-5-3-14(21)4-6-17/h3-6,13,15H,2,7-12H2,1H3,(H,22,25). The molecule has 0 unspecified atom stereocenters. The van der Waals surface area contributed by atoms with Crippen LogP contribution in [-0.4, -0.2) is 47.6 Å². The van der Waals surface area contributed by atoms with Crippen LogP contribution < -0.4 is 10.1 Å².